The maximum absolute atomic E-state index is 13.6. The van der Waals surface area contributed by atoms with E-state index >= 15 is 0 Å². The Morgan fingerprint density at radius 2 is 1.56 bits per heavy atom. The summed E-state index contributed by atoms with van der Waals surface area (Å²) in [4.78, 5) is 50.9. The maximum atomic E-state index is 13.6. The van der Waals surface area contributed by atoms with Crippen molar-refractivity contribution < 1.29 is 78.2 Å². The van der Waals surface area contributed by atoms with E-state index in [1.54, 1.807) is 0 Å². The van der Waals surface area contributed by atoms with Crippen molar-refractivity contribution in [2.75, 3.05) is 33.4 Å². The maximum Gasteiger partial charge on any atom is 0.332 e. The molecular weight excluding hydrogens is 754 g/mol. The number of hydrogen-bond acceptors (Lipinski definition) is 15. The van der Waals surface area contributed by atoms with Gasteiger partial charge in [-0.2, -0.15) is 0 Å². The van der Waals surface area contributed by atoms with E-state index < -0.39 is 110 Å². The minimum absolute atomic E-state index is 0.000691. The van der Waals surface area contributed by atoms with Gasteiger partial charge in [-0.15, -0.1) is 0 Å². The number of carbonyl (C=O) groups is 4. The lowest BCUT2D eigenvalue weighted by molar-refractivity contribution is -0.338. The van der Waals surface area contributed by atoms with Gasteiger partial charge in [-0.3, -0.25) is 14.4 Å². The number of amides is 3. The average Bonchev–Trinajstić information content (AvgIpc) is 3.19. The van der Waals surface area contributed by atoms with Crippen molar-refractivity contribution in [2.45, 2.75) is 165 Å². The zero-order valence-corrected chi connectivity index (χ0v) is 33.4. The number of carboxylic acids is 1. The number of nitrogens with one attached hydrogen (secondary N) is 3. The monoisotopic (exact) mass is 819 g/mol. The summed E-state index contributed by atoms with van der Waals surface area (Å²) in [5.41, 5.74) is 0. The van der Waals surface area contributed by atoms with Gasteiger partial charge < -0.3 is 75.0 Å². The van der Waals surface area contributed by atoms with Crippen LogP contribution in [0.2, 0.25) is 0 Å². The van der Waals surface area contributed by atoms with Crippen molar-refractivity contribution in [1.82, 2.24) is 16.0 Å². The molecule has 0 spiro atoms. The van der Waals surface area contributed by atoms with Crippen LogP contribution in [0.5, 0.6) is 0 Å². The summed E-state index contributed by atoms with van der Waals surface area (Å²) in [6.45, 7) is 4.44. The van der Waals surface area contributed by atoms with Gasteiger partial charge in [0.2, 0.25) is 17.7 Å². The summed E-state index contributed by atoms with van der Waals surface area (Å²) < 4.78 is 35.9. The van der Waals surface area contributed by atoms with Gasteiger partial charge in [0.05, 0.1) is 31.5 Å². The summed E-state index contributed by atoms with van der Waals surface area (Å²) >= 11 is 0. The van der Waals surface area contributed by atoms with Crippen molar-refractivity contribution in [3.63, 3.8) is 0 Å². The number of rotatable bonds is 19. The number of ether oxygens (including phenoxy) is 6. The van der Waals surface area contributed by atoms with Gasteiger partial charge in [0.1, 0.15) is 42.7 Å². The molecule has 0 bridgehead atoms. The largest absolute Gasteiger partial charge is 0.479 e. The fourth-order valence-corrected chi connectivity index (χ4v) is 8.39. The lowest BCUT2D eigenvalue weighted by Crippen LogP contribution is -2.67. The highest BCUT2D eigenvalue weighted by Gasteiger charge is 2.53. The van der Waals surface area contributed by atoms with Gasteiger partial charge in [-0.25, -0.2) is 4.79 Å². The first-order chi connectivity index (χ1) is 27.2. The lowest BCUT2D eigenvalue weighted by atomic mass is 9.75. The van der Waals surface area contributed by atoms with Crippen LogP contribution in [0.1, 0.15) is 85.0 Å². The predicted molar refractivity (Wildman–Crippen MR) is 198 cm³/mol. The molecule has 2 aliphatic heterocycles. The van der Waals surface area contributed by atoms with Crippen LogP contribution in [0.3, 0.4) is 0 Å². The Morgan fingerprint density at radius 3 is 2.19 bits per heavy atom. The third-order valence-electron chi connectivity index (χ3n) is 11.6. The fraction of sp³-hybridized carbons (Fsp3) is 0.895. The van der Waals surface area contributed by atoms with E-state index in [0.717, 1.165) is 32.1 Å². The Bertz CT molecular complexity index is 1290. The van der Waals surface area contributed by atoms with Crippen LogP contribution in [-0.2, 0) is 47.6 Å². The molecule has 9 unspecified atom stereocenters. The Labute approximate surface area is 333 Å². The molecule has 19 heteroatoms. The number of hydrogen-bond donors (Lipinski definition) is 9. The normalized spacial score (nSPS) is 36.9. The Morgan fingerprint density at radius 1 is 0.860 bits per heavy atom. The van der Waals surface area contributed by atoms with E-state index in [9.17, 15) is 49.8 Å². The van der Waals surface area contributed by atoms with Gasteiger partial charge in [0, 0.05) is 39.5 Å². The molecule has 2 saturated heterocycles. The van der Waals surface area contributed by atoms with Crippen molar-refractivity contribution in [3.8, 4) is 0 Å². The quantitative estimate of drug-likeness (QED) is 0.0684. The highest BCUT2D eigenvalue weighted by atomic mass is 16.7. The minimum atomic E-state index is -1.66. The van der Waals surface area contributed by atoms with Crippen LogP contribution in [0.15, 0.2) is 0 Å². The molecule has 19 nitrogen and oxygen atoms in total. The Hall–Kier alpha value is -2.56. The van der Waals surface area contributed by atoms with E-state index in [4.69, 9.17) is 28.4 Å². The standard InChI is InChI=1S/C38H65N3O16/c1-5-22-16-23(35(49)40-13-12-39-27(44)11-14-52-4)17-24(33(22)57-38-32(48)31(47)29(45)19(2)53-38)55-37-28(41-20(3)43)34(30(46)26(18-42)56-37)54-25(36(50)51)15-21-9-7-6-8-10-21/h19,21-26,28-34,37-38,42,45-48H,5-18H2,1-4H3,(H,39,44)(H,40,49)(H,41,43)(H,50,51)/t19-,22?,23?,24+,25-,26?,28?,29?,30-,31?,32-,33?,34?,37+,38?/m0/s1. The van der Waals surface area contributed by atoms with Gasteiger partial charge in [0.25, 0.3) is 0 Å². The summed E-state index contributed by atoms with van der Waals surface area (Å²) in [5.74, 6) is -3.42. The molecule has 3 amide bonds. The zero-order valence-electron chi connectivity index (χ0n) is 33.4. The van der Waals surface area contributed by atoms with Gasteiger partial charge in [-0.05, 0) is 38.0 Å². The van der Waals surface area contributed by atoms with E-state index in [-0.39, 0.29) is 56.7 Å². The number of carbonyl (C=O) groups excluding carboxylic acids is 3. The second kappa shape index (κ2) is 22.7. The van der Waals surface area contributed by atoms with Crippen LogP contribution < -0.4 is 16.0 Å². The van der Waals surface area contributed by atoms with E-state index in [1.165, 1.54) is 21.0 Å². The molecule has 0 radical (unpaired) electrons. The molecular formula is C38H65N3O16. The molecule has 15 atom stereocenters. The smallest absolute Gasteiger partial charge is 0.332 e. The van der Waals surface area contributed by atoms with Crippen LogP contribution in [0.4, 0.5) is 0 Å². The molecule has 2 saturated carbocycles. The molecule has 0 aromatic carbocycles. The molecule has 4 aliphatic rings. The molecule has 4 fully saturated rings. The predicted octanol–water partition coefficient (Wildman–Crippen LogP) is -1.32. The highest BCUT2D eigenvalue weighted by Crippen LogP contribution is 2.40. The number of aliphatic hydroxyl groups excluding tert-OH is 5. The first-order valence-corrected chi connectivity index (χ1v) is 20.3. The SMILES string of the molecule is CCC1CC(C(=O)NCCNC(=O)CCOC)C[C@@H](O[C@@H]2OC(CO)[C@H](O)C(O[C@@H](CC3CCCCC3)C(=O)O)C2NC(C)=O)C1OC1O[C@@H](C)C(O)C(O)[C@@H]1O. The van der Waals surface area contributed by atoms with Crippen molar-refractivity contribution in [3.05, 3.63) is 0 Å². The fourth-order valence-electron chi connectivity index (χ4n) is 8.39. The molecule has 9 N–H and O–H groups in total. The first kappa shape index (κ1) is 47.1. The second-order valence-corrected chi connectivity index (χ2v) is 15.8. The highest BCUT2D eigenvalue weighted by molar-refractivity contribution is 5.79. The molecule has 2 aliphatic carbocycles. The zero-order chi connectivity index (χ0) is 41.8. The van der Waals surface area contributed by atoms with Crippen LogP contribution in [-0.4, -0.2) is 167 Å². The summed E-state index contributed by atoms with van der Waals surface area (Å²) in [6.07, 6.45) is -10.4. The van der Waals surface area contributed by atoms with E-state index in [0.29, 0.717) is 12.8 Å². The number of methoxy groups -OCH3 is 1. The minimum Gasteiger partial charge on any atom is -0.479 e. The lowest BCUT2D eigenvalue weighted by Gasteiger charge is -2.49. The van der Waals surface area contributed by atoms with Crippen LogP contribution in [0.25, 0.3) is 0 Å². The third kappa shape index (κ3) is 13.0. The molecule has 0 aromatic rings. The Kier molecular flexibility index (Phi) is 18.8. The Balaban J connectivity index is 1.62. The molecule has 2 heterocycles. The summed E-state index contributed by atoms with van der Waals surface area (Å²) in [7, 11) is 1.49. The van der Waals surface area contributed by atoms with Crippen molar-refractivity contribution >= 4 is 23.7 Å². The van der Waals surface area contributed by atoms with Crippen molar-refractivity contribution in [1.29, 1.82) is 0 Å². The van der Waals surface area contributed by atoms with Gasteiger partial charge in [0.15, 0.2) is 18.7 Å². The first-order valence-electron chi connectivity index (χ1n) is 20.3. The van der Waals surface area contributed by atoms with Crippen LogP contribution >= 0.6 is 0 Å². The second-order valence-electron chi connectivity index (χ2n) is 15.8. The van der Waals surface area contributed by atoms with Gasteiger partial charge >= 0.3 is 5.97 Å². The number of carboxylic acid groups (broad SMARTS) is 1. The average molecular weight is 820 g/mol. The summed E-state index contributed by atoms with van der Waals surface area (Å²) in [6, 6.07) is -1.31. The third-order valence-corrected chi connectivity index (χ3v) is 11.6. The molecule has 4 rings (SSSR count). The molecule has 328 valence electrons. The van der Waals surface area contributed by atoms with Crippen LogP contribution in [0, 0.1) is 17.8 Å². The van der Waals surface area contributed by atoms with Crippen molar-refractivity contribution in [2.24, 2.45) is 17.8 Å². The topological polar surface area (TPSA) is 281 Å². The van der Waals surface area contributed by atoms with E-state index in [1.807, 2.05) is 6.92 Å². The number of aliphatic carboxylic acids is 1. The van der Waals surface area contributed by atoms with E-state index in [2.05, 4.69) is 16.0 Å². The molecule has 0 aromatic heterocycles. The summed E-state index contributed by atoms with van der Waals surface area (Å²) in [5, 5.41) is 72.0. The van der Waals surface area contributed by atoms with Gasteiger partial charge in [-0.1, -0.05) is 45.4 Å². The number of aliphatic hydroxyl groups is 5. The molecule has 57 heavy (non-hydrogen) atoms.